The molecule has 1 saturated heterocycles. The second kappa shape index (κ2) is 7.63. The smallest absolute Gasteiger partial charge is 0.152 e. The van der Waals surface area contributed by atoms with Crippen molar-refractivity contribution in [1.82, 2.24) is 15.2 Å². The Bertz CT molecular complexity index is 1070. The van der Waals surface area contributed by atoms with Crippen molar-refractivity contribution in [3.05, 3.63) is 76.5 Å². The third-order valence-corrected chi connectivity index (χ3v) is 6.09. The summed E-state index contributed by atoms with van der Waals surface area (Å²) in [6, 6.07) is 13.2. The number of nitrogens with one attached hydrogen (secondary N) is 1. The molecule has 0 radical (unpaired) electrons. The fraction of sp³-hybridized carbons (Fsp3) is 0.348. The van der Waals surface area contributed by atoms with Crippen molar-refractivity contribution in [2.75, 3.05) is 32.8 Å². The molecule has 0 bridgehead atoms. The molecule has 2 aliphatic heterocycles. The highest BCUT2D eigenvalue weighted by Crippen LogP contribution is 2.48. The molecule has 1 atom stereocenters. The summed E-state index contributed by atoms with van der Waals surface area (Å²) in [5.74, 6) is 0.388. The van der Waals surface area contributed by atoms with Crippen molar-refractivity contribution >= 4 is 5.84 Å². The second-order valence-corrected chi connectivity index (χ2v) is 7.78. The first-order chi connectivity index (χ1) is 14.7. The van der Waals surface area contributed by atoms with Crippen LogP contribution in [0.1, 0.15) is 23.2 Å². The number of amidine groups is 1. The molecule has 1 aromatic heterocycles. The minimum Gasteiger partial charge on any atom is -0.379 e. The summed E-state index contributed by atoms with van der Waals surface area (Å²) in [6.07, 6.45) is 2.84. The topological polar surface area (TPSA) is 73.5 Å². The summed E-state index contributed by atoms with van der Waals surface area (Å²) in [5, 5.41) is 13.6. The Kier molecular flexibility index (Phi) is 4.81. The van der Waals surface area contributed by atoms with Gasteiger partial charge in [-0.1, -0.05) is 18.2 Å². The molecule has 5 rings (SSSR count). The Morgan fingerprint density at radius 2 is 2.07 bits per heavy atom. The van der Waals surface area contributed by atoms with Crippen LogP contribution in [0.3, 0.4) is 0 Å². The van der Waals surface area contributed by atoms with Crippen molar-refractivity contribution in [2.45, 2.75) is 18.4 Å². The first-order valence-corrected chi connectivity index (χ1v) is 10.2. The average molecular weight is 403 g/mol. The van der Waals surface area contributed by atoms with E-state index in [2.05, 4.69) is 21.3 Å². The van der Waals surface area contributed by atoms with Crippen LogP contribution in [0.15, 0.2) is 58.9 Å². The Hall–Kier alpha value is -3.08. The van der Waals surface area contributed by atoms with Gasteiger partial charge in [0.25, 0.3) is 0 Å². The average Bonchev–Trinajstić information content (AvgIpc) is 3.15. The number of morpholine rings is 1. The monoisotopic (exact) mass is 403 g/mol. The normalized spacial score (nSPS) is 23.7. The first kappa shape index (κ1) is 18.9. The number of aliphatic imine (C=N–C) groups is 1. The zero-order chi connectivity index (χ0) is 20.6. The lowest BCUT2D eigenvalue weighted by Crippen LogP contribution is -2.45. The Morgan fingerprint density at radius 3 is 2.83 bits per heavy atom. The number of halogens is 1. The van der Waals surface area contributed by atoms with Crippen LogP contribution in [0.5, 0.6) is 0 Å². The molecule has 152 valence electrons. The molecule has 1 aliphatic carbocycles. The number of nitriles is 1. The number of ether oxygens (including phenoxy) is 1. The van der Waals surface area contributed by atoms with E-state index in [4.69, 9.17) is 9.73 Å². The van der Waals surface area contributed by atoms with Gasteiger partial charge >= 0.3 is 0 Å². The van der Waals surface area contributed by atoms with Gasteiger partial charge in [0.1, 0.15) is 17.1 Å². The predicted octanol–water partition coefficient (Wildman–Crippen LogP) is 2.52. The van der Waals surface area contributed by atoms with E-state index in [1.807, 2.05) is 24.3 Å². The fourth-order valence-electron chi connectivity index (χ4n) is 4.63. The number of aromatic nitrogens is 1. The SMILES string of the molecule is N#CC1=C(CN2CCOCC2)NC(c2ccccn2)=NC12CCc1c(F)cccc12. The van der Waals surface area contributed by atoms with E-state index in [0.717, 1.165) is 24.4 Å². The van der Waals surface area contributed by atoms with Crippen molar-refractivity contribution in [1.29, 1.82) is 5.26 Å². The van der Waals surface area contributed by atoms with E-state index in [1.54, 1.807) is 12.3 Å². The van der Waals surface area contributed by atoms with Gasteiger partial charge in [-0.05, 0) is 42.2 Å². The highest BCUT2D eigenvalue weighted by atomic mass is 19.1. The van der Waals surface area contributed by atoms with Crippen LogP contribution in [0.4, 0.5) is 4.39 Å². The molecule has 1 spiro atoms. The quantitative estimate of drug-likeness (QED) is 0.853. The van der Waals surface area contributed by atoms with E-state index in [0.29, 0.717) is 55.3 Å². The van der Waals surface area contributed by atoms with Crippen LogP contribution in [0.25, 0.3) is 0 Å². The highest BCUT2D eigenvalue weighted by molar-refractivity contribution is 6.00. The molecule has 0 amide bonds. The Balaban J connectivity index is 1.65. The maximum atomic E-state index is 14.6. The van der Waals surface area contributed by atoms with Gasteiger partial charge in [-0.3, -0.25) is 9.88 Å². The maximum absolute atomic E-state index is 14.6. The van der Waals surface area contributed by atoms with E-state index in [-0.39, 0.29) is 5.82 Å². The van der Waals surface area contributed by atoms with Crippen LogP contribution < -0.4 is 5.32 Å². The molecule has 3 aliphatic rings. The highest BCUT2D eigenvalue weighted by Gasteiger charge is 2.47. The van der Waals surface area contributed by atoms with Gasteiger partial charge in [-0.15, -0.1) is 0 Å². The van der Waals surface area contributed by atoms with Gasteiger partial charge in [0.2, 0.25) is 0 Å². The minimum atomic E-state index is -0.883. The van der Waals surface area contributed by atoms with Gasteiger partial charge in [-0.2, -0.15) is 5.26 Å². The molecule has 1 unspecified atom stereocenters. The van der Waals surface area contributed by atoms with Crippen LogP contribution in [0.2, 0.25) is 0 Å². The number of fused-ring (bicyclic) bond motifs is 2. The largest absolute Gasteiger partial charge is 0.379 e. The fourth-order valence-corrected chi connectivity index (χ4v) is 4.63. The van der Waals surface area contributed by atoms with Gasteiger partial charge in [0, 0.05) is 31.5 Å². The van der Waals surface area contributed by atoms with E-state index < -0.39 is 5.54 Å². The van der Waals surface area contributed by atoms with E-state index in [1.165, 1.54) is 6.07 Å². The third kappa shape index (κ3) is 3.09. The molecule has 1 fully saturated rings. The molecule has 6 nitrogen and oxygen atoms in total. The molecule has 30 heavy (non-hydrogen) atoms. The molecule has 2 aromatic rings. The second-order valence-electron chi connectivity index (χ2n) is 7.78. The van der Waals surface area contributed by atoms with Crippen molar-refractivity contribution < 1.29 is 9.13 Å². The number of hydrogen-bond donors (Lipinski definition) is 1. The number of rotatable bonds is 3. The molecular formula is C23H22FN5O. The molecule has 3 heterocycles. The van der Waals surface area contributed by atoms with Gasteiger partial charge in [-0.25, -0.2) is 9.38 Å². The molecule has 7 heteroatoms. The predicted molar refractivity (Wildman–Crippen MR) is 110 cm³/mol. The minimum absolute atomic E-state index is 0.232. The molecule has 1 N–H and O–H groups in total. The first-order valence-electron chi connectivity index (χ1n) is 10.2. The number of nitrogens with zero attached hydrogens (tertiary/aromatic N) is 4. The summed E-state index contributed by atoms with van der Waals surface area (Å²) < 4.78 is 20.0. The lowest BCUT2D eigenvalue weighted by Gasteiger charge is -2.36. The van der Waals surface area contributed by atoms with Crippen LogP contribution in [-0.4, -0.2) is 48.6 Å². The summed E-state index contributed by atoms with van der Waals surface area (Å²) in [6.45, 7) is 3.55. The Morgan fingerprint density at radius 1 is 1.20 bits per heavy atom. The van der Waals surface area contributed by atoms with Crippen molar-refractivity contribution in [3.63, 3.8) is 0 Å². The van der Waals surface area contributed by atoms with Crippen LogP contribution in [-0.2, 0) is 16.7 Å². The summed E-state index contributed by atoms with van der Waals surface area (Å²) in [7, 11) is 0. The lowest BCUT2D eigenvalue weighted by molar-refractivity contribution is 0.0416. The van der Waals surface area contributed by atoms with Crippen molar-refractivity contribution in [2.24, 2.45) is 4.99 Å². The van der Waals surface area contributed by atoms with E-state index in [9.17, 15) is 9.65 Å². The van der Waals surface area contributed by atoms with E-state index >= 15 is 0 Å². The number of benzene rings is 1. The van der Waals surface area contributed by atoms with Gasteiger partial charge < -0.3 is 10.1 Å². The Labute approximate surface area is 174 Å². The zero-order valence-electron chi connectivity index (χ0n) is 16.6. The molecular weight excluding hydrogens is 381 g/mol. The standard InChI is InChI=1S/C23H22FN5O/c24-19-5-3-4-17-16(19)7-8-23(17)18(14-25)21(15-29-10-12-30-13-11-29)27-22(28-23)20-6-1-2-9-26-20/h1-6,9H,7-8,10-13,15H2,(H,27,28). The number of hydrogen-bond acceptors (Lipinski definition) is 6. The summed E-state index contributed by atoms with van der Waals surface area (Å²) >= 11 is 0. The van der Waals surface area contributed by atoms with Crippen LogP contribution in [0, 0.1) is 17.1 Å². The molecule has 0 saturated carbocycles. The van der Waals surface area contributed by atoms with Crippen molar-refractivity contribution in [3.8, 4) is 6.07 Å². The lowest BCUT2D eigenvalue weighted by atomic mass is 9.82. The number of pyridine rings is 1. The summed E-state index contributed by atoms with van der Waals surface area (Å²) in [4.78, 5) is 11.7. The third-order valence-electron chi connectivity index (χ3n) is 6.09. The van der Waals surface area contributed by atoms with Gasteiger partial charge in [0.15, 0.2) is 5.84 Å². The molecule has 1 aromatic carbocycles. The van der Waals surface area contributed by atoms with Gasteiger partial charge in [0.05, 0.1) is 24.9 Å². The zero-order valence-corrected chi connectivity index (χ0v) is 16.6. The van der Waals surface area contributed by atoms with Crippen LogP contribution >= 0.6 is 0 Å². The summed E-state index contributed by atoms with van der Waals surface area (Å²) in [5.41, 5.74) is 2.64. The maximum Gasteiger partial charge on any atom is 0.152 e.